The molecule has 0 aliphatic carbocycles. The Morgan fingerprint density at radius 2 is 1.62 bits per heavy atom. The van der Waals surface area contributed by atoms with E-state index in [-0.39, 0.29) is 25.8 Å². The van der Waals surface area contributed by atoms with Gasteiger partial charge in [0.25, 0.3) is 0 Å². The Labute approximate surface area is 160 Å². The summed E-state index contributed by atoms with van der Waals surface area (Å²) in [5, 5.41) is 0.0822. The van der Waals surface area contributed by atoms with Gasteiger partial charge in [0, 0.05) is 12.2 Å². The van der Waals surface area contributed by atoms with E-state index in [2.05, 4.69) is 6.92 Å². The quantitative estimate of drug-likeness (QED) is 0.133. The van der Waals surface area contributed by atoms with Crippen LogP contribution in [0.3, 0.4) is 0 Å². The molecule has 24 heavy (non-hydrogen) atoms. The maximum atomic E-state index is 11.7. The maximum Gasteiger partial charge on any atom is 0.336 e. The first-order valence-electron chi connectivity index (χ1n) is 7.26. The minimum Gasteiger partial charge on any atom is -0.463 e. The molecule has 0 spiro atoms. The van der Waals surface area contributed by atoms with Crippen molar-refractivity contribution in [2.75, 3.05) is 6.61 Å². The molecule has 1 aromatic carbocycles. The number of benzene rings is 1. The van der Waals surface area contributed by atoms with E-state index >= 15 is 0 Å². The summed E-state index contributed by atoms with van der Waals surface area (Å²) in [5.74, 6) is -1.61. The van der Waals surface area contributed by atoms with Crippen molar-refractivity contribution < 1.29 is 19.1 Å². The minimum absolute atomic E-state index is 0.0148. The van der Waals surface area contributed by atoms with Gasteiger partial charge in [-0.2, -0.15) is 0 Å². The van der Waals surface area contributed by atoms with Gasteiger partial charge in [0.05, 0.1) is 21.7 Å². The number of hydrogen-bond donors (Lipinski definition) is 0. The van der Waals surface area contributed by atoms with E-state index < -0.39 is 11.9 Å². The average molecular weight is 414 g/mol. The van der Waals surface area contributed by atoms with E-state index in [1.54, 1.807) is 0 Å². The average Bonchev–Trinajstić information content (AvgIpc) is 2.54. The van der Waals surface area contributed by atoms with E-state index in [1.807, 2.05) is 0 Å². The molecule has 0 aliphatic heterocycles. The fraction of sp³-hybridized carbons (Fsp3) is 0.375. The Morgan fingerprint density at radius 1 is 0.958 bits per heavy atom. The van der Waals surface area contributed by atoms with Crippen LogP contribution in [0.25, 0.3) is 0 Å². The molecule has 8 heteroatoms. The van der Waals surface area contributed by atoms with Crippen molar-refractivity contribution in [3.05, 3.63) is 38.3 Å². The van der Waals surface area contributed by atoms with Crippen molar-refractivity contribution in [2.24, 2.45) is 0 Å². The van der Waals surface area contributed by atoms with Crippen molar-refractivity contribution in [1.82, 2.24) is 0 Å². The lowest BCUT2D eigenvalue weighted by Crippen LogP contribution is -2.08. The first kappa shape index (κ1) is 21.1. The van der Waals surface area contributed by atoms with Gasteiger partial charge < -0.3 is 9.47 Å². The number of halogens is 4. The lowest BCUT2D eigenvalue weighted by atomic mass is 10.2. The predicted molar refractivity (Wildman–Crippen MR) is 96.4 cm³/mol. The van der Waals surface area contributed by atoms with Gasteiger partial charge >= 0.3 is 11.9 Å². The van der Waals surface area contributed by atoms with Gasteiger partial charge in [-0.05, 0) is 12.5 Å². The highest BCUT2D eigenvalue weighted by Crippen LogP contribution is 2.42. The van der Waals surface area contributed by atoms with Crippen LogP contribution in [0.2, 0.25) is 20.1 Å². The second-order valence-corrected chi connectivity index (χ2v) is 6.35. The number of unbranched alkanes of at least 4 members (excludes halogenated alkanes) is 3. The van der Waals surface area contributed by atoms with Gasteiger partial charge in [0.1, 0.15) is 5.02 Å². The smallest absolute Gasteiger partial charge is 0.336 e. The topological polar surface area (TPSA) is 52.6 Å². The molecule has 0 fully saturated rings. The van der Waals surface area contributed by atoms with Crippen LogP contribution in [-0.4, -0.2) is 18.5 Å². The van der Waals surface area contributed by atoms with Crippen LogP contribution in [0, 0.1) is 0 Å². The molecule has 0 N–H and O–H groups in total. The second-order valence-electron chi connectivity index (χ2n) is 4.78. The Balaban J connectivity index is 2.55. The molecule has 0 amide bonds. The van der Waals surface area contributed by atoms with Crippen molar-refractivity contribution in [1.29, 1.82) is 0 Å². The molecule has 0 unspecified atom stereocenters. The Morgan fingerprint density at radius 3 is 2.29 bits per heavy atom. The van der Waals surface area contributed by atoms with E-state index in [1.165, 1.54) is 6.07 Å². The van der Waals surface area contributed by atoms with E-state index in [4.69, 9.17) is 55.9 Å². The maximum absolute atomic E-state index is 11.7. The van der Waals surface area contributed by atoms with Crippen molar-refractivity contribution in [2.45, 2.75) is 32.6 Å². The van der Waals surface area contributed by atoms with Gasteiger partial charge in [-0.3, -0.25) is 0 Å². The minimum atomic E-state index is -0.847. The first-order valence-corrected chi connectivity index (χ1v) is 8.77. The number of ether oxygens (including phenoxy) is 2. The summed E-state index contributed by atoms with van der Waals surface area (Å²) < 4.78 is 9.93. The van der Waals surface area contributed by atoms with Crippen molar-refractivity contribution >= 4 is 58.3 Å². The summed E-state index contributed by atoms with van der Waals surface area (Å²) in [5.41, 5.74) is 0. The van der Waals surface area contributed by atoms with Crippen molar-refractivity contribution in [3.63, 3.8) is 0 Å². The summed E-state index contributed by atoms with van der Waals surface area (Å²) in [7, 11) is 0. The van der Waals surface area contributed by atoms with Crippen LogP contribution in [0.4, 0.5) is 0 Å². The number of esters is 2. The fourth-order valence-corrected chi connectivity index (χ4v) is 2.64. The Kier molecular flexibility index (Phi) is 9.52. The molecule has 0 bridgehead atoms. The fourth-order valence-electron chi connectivity index (χ4n) is 1.66. The molecule has 0 radical (unpaired) electrons. The van der Waals surface area contributed by atoms with Gasteiger partial charge in [-0.15, -0.1) is 0 Å². The second kappa shape index (κ2) is 10.8. The molecule has 0 saturated heterocycles. The Bertz CT molecular complexity index is 629. The molecule has 1 aromatic rings. The predicted octanol–water partition coefficient (Wildman–Crippen LogP) is 5.89. The molecule has 4 nitrogen and oxygen atoms in total. The summed E-state index contributed by atoms with van der Waals surface area (Å²) in [4.78, 5) is 23.2. The third kappa shape index (κ3) is 6.89. The number of carbonyl (C=O) groups excluding carboxylic acids is 2. The van der Waals surface area contributed by atoms with Crippen LogP contribution in [0.15, 0.2) is 18.2 Å². The molecule has 0 heterocycles. The lowest BCUT2D eigenvalue weighted by molar-refractivity contribution is -0.138. The van der Waals surface area contributed by atoms with Gasteiger partial charge in [0.2, 0.25) is 0 Å². The normalized spacial score (nSPS) is 10.9. The first-order chi connectivity index (χ1) is 11.4. The Hall–Kier alpha value is -0.940. The van der Waals surface area contributed by atoms with Gasteiger partial charge in [0.15, 0.2) is 5.75 Å². The van der Waals surface area contributed by atoms with E-state index in [0.717, 1.165) is 37.8 Å². The highest BCUT2D eigenvalue weighted by molar-refractivity contribution is 6.50. The summed E-state index contributed by atoms with van der Waals surface area (Å²) in [6.45, 7) is 2.40. The van der Waals surface area contributed by atoms with Gasteiger partial charge in [-0.25, -0.2) is 9.59 Å². The molecular weight excluding hydrogens is 398 g/mol. The van der Waals surface area contributed by atoms with Crippen LogP contribution in [0.1, 0.15) is 32.6 Å². The van der Waals surface area contributed by atoms with Crippen molar-refractivity contribution in [3.8, 4) is 5.75 Å². The van der Waals surface area contributed by atoms with Crippen LogP contribution < -0.4 is 4.74 Å². The lowest BCUT2D eigenvalue weighted by Gasteiger charge is -2.09. The van der Waals surface area contributed by atoms with Crippen LogP contribution in [-0.2, 0) is 14.3 Å². The van der Waals surface area contributed by atoms with E-state index in [9.17, 15) is 9.59 Å². The summed E-state index contributed by atoms with van der Waals surface area (Å²) in [6.07, 6.45) is 5.85. The standard InChI is InChI=1S/C16H16Cl4O4/c1-2-3-4-5-8-23-12(21)6-7-13(22)24-16-11(18)9-10(17)14(19)15(16)20/h6-7,9H,2-5,8H2,1H3/b7-6+. The zero-order chi connectivity index (χ0) is 18.1. The molecule has 0 aromatic heterocycles. The zero-order valence-electron chi connectivity index (χ0n) is 12.9. The molecule has 0 atom stereocenters. The summed E-state index contributed by atoms with van der Waals surface area (Å²) >= 11 is 23.5. The van der Waals surface area contributed by atoms with E-state index in [0.29, 0.717) is 6.61 Å². The molecule has 0 aliphatic rings. The highest BCUT2D eigenvalue weighted by Gasteiger charge is 2.17. The molecule has 0 saturated carbocycles. The number of rotatable bonds is 8. The zero-order valence-corrected chi connectivity index (χ0v) is 15.9. The highest BCUT2D eigenvalue weighted by atomic mass is 35.5. The van der Waals surface area contributed by atoms with Crippen LogP contribution in [0.5, 0.6) is 5.75 Å². The number of hydrogen-bond acceptors (Lipinski definition) is 4. The molecular formula is C16H16Cl4O4. The summed E-state index contributed by atoms with van der Waals surface area (Å²) in [6, 6.07) is 1.30. The molecule has 1 rings (SSSR count). The van der Waals surface area contributed by atoms with Gasteiger partial charge in [-0.1, -0.05) is 72.6 Å². The van der Waals surface area contributed by atoms with Crippen LogP contribution >= 0.6 is 46.4 Å². The third-order valence-corrected chi connectivity index (χ3v) is 4.40. The SMILES string of the molecule is CCCCCCOC(=O)/C=C/C(=O)Oc1c(Cl)cc(Cl)c(Cl)c1Cl. The largest absolute Gasteiger partial charge is 0.463 e. The molecule has 132 valence electrons. The number of carbonyl (C=O) groups is 2. The third-order valence-electron chi connectivity index (χ3n) is 2.87. The monoisotopic (exact) mass is 412 g/mol.